The third-order valence-electron chi connectivity index (χ3n) is 6.19. The van der Waals surface area contributed by atoms with Gasteiger partial charge in [0, 0.05) is 31.4 Å². The molecule has 2 fully saturated rings. The molecule has 156 valence electrons. The van der Waals surface area contributed by atoms with E-state index in [0.29, 0.717) is 24.5 Å². The van der Waals surface area contributed by atoms with Crippen molar-refractivity contribution in [2.75, 3.05) is 24.6 Å². The topological polar surface area (TPSA) is 38.2 Å². The van der Waals surface area contributed by atoms with Crippen molar-refractivity contribution in [1.29, 1.82) is 0 Å². The van der Waals surface area contributed by atoms with Crippen molar-refractivity contribution in [3.63, 3.8) is 0 Å². The number of anilines is 1. The molecule has 1 saturated heterocycles. The Balaban J connectivity index is 1.39. The largest absolute Gasteiger partial charge is 0.433 e. The van der Waals surface area contributed by atoms with Crippen LogP contribution in [-0.4, -0.2) is 35.8 Å². The van der Waals surface area contributed by atoms with Gasteiger partial charge < -0.3 is 9.64 Å². The van der Waals surface area contributed by atoms with Gasteiger partial charge in [-0.05, 0) is 61.8 Å². The molecular weight excluding hydrogens is 379 g/mol. The molecular formula is C22H26F3N3O. The summed E-state index contributed by atoms with van der Waals surface area (Å²) in [7, 11) is 0. The van der Waals surface area contributed by atoms with E-state index >= 15 is 0 Å². The molecule has 0 aromatic carbocycles. The lowest BCUT2D eigenvalue weighted by atomic mass is 9.80. The summed E-state index contributed by atoms with van der Waals surface area (Å²) in [4.78, 5) is 10.0. The first-order valence-corrected chi connectivity index (χ1v) is 10.3. The number of rotatable bonds is 6. The van der Waals surface area contributed by atoms with E-state index in [1.165, 1.54) is 24.2 Å². The van der Waals surface area contributed by atoms with Gasteiger partial charge in [0.05, 0.1) is 24.6 Å². The lowest BCUT2D eigenvalue weighted by Crippen LogP contribution is -2.37. The first-order valence-electron chi connectivity index (χ1n) is 10.3. The Morgan fingerprint density at radius 1 is 1.07 bits per heavy atom. The van der Waals surface area contributed by atoms with Crippen molar-refractivity contribution in [2.45, 2.75) is 50.3 Å². The number of pyridine rings is 2. The number of piperidine rings is 1. The molecule has 1 aliphatic heterocycles. The Bertz CT molecular complexity index is 770. The van der Waals surface area contributed by atoms with Crippen LogP contribution < -0.4 is 4.90 Å². The second-order valence-electron chi connectivity index (χ2n) is 8.00. The number of hydrogen-bond acceptors (Lipinski definition) is 4. The van der Waals surface area contributed by atoms with Crippen LogP contribution in [0.2, 0.25) is 0 Å². The maximum atomic E-state index is 12.7. The molecule has 4 rings (SSSR count). The maximum absolute atomic E-state index is 12.7. The Morgan fingerprint density at radius 3 is 2.41 bits per heavy atom. The number of halogens is 3. The summed E-state index contributed by atoms with van der Waals surface area (Å²) < 4.78 is 44.3. The highest BCUT2D eigenvalue weighted by molar-refractivity contribution is 5.45. The van der Waals surface area contributed by atoms with E-state index in [1.807, 2.05) is 12.3 Å². The average molecular weight is 405 g/mol. The van der Waals surface area contributed by atoms with E-state index < -0.39 is 11.9 Å². The van der Waals surface area contributed by atoms with Crippen LogP contribution in [0.5, 0.6) is 0 Å². The predicted octanol–water partition coefficient (Wildman–Crippen LogP) is 5.06. The molecule has 0 N–H and O–H groups in total. The fourth-order valence-corrected chi connectivity index (χ4v) is 4.18. The van der Waals surface area contributed by atoms with Gasteiger partial charge in [0.2, 0.25) is 0 Å². The third kappa shape index (κ3) is 4.89. The van der Waals surface area contributed by atoms with E-state index in [1.54, 1.807) is 6.20 Å². The van der Waals surface area contributed by atoms with Crippen LogP contribution in [0.3, 0.4) is 0 Å². The van der Waals surface area contributed by atoms with E-state index in [-0.39, 0.29) is 0 Å². The molecule has 7 heteroatoms. The molecule has 4 nitrogen and oxygen atoms in total. The zero-order valence-corrected chi connectivity index (χ0v) is 16.3. The van der Waals surface area contributed by atoms with Crippen LogP contribution >= 0.6 is 0 Å². The summed E-state index contributed by atoms with van der Waals surface area (Å²) in [5.41, 5.74) is 1.11. The molecule has 0 spiro atoms. The van der Waals surface area contributed by atoms with Gasteiger partial charge in [-0.2, -0.15) is 13.2 Å². The molecule has 1 saturated carbocycles. The van der Waals surface area contributed by atoms with E-state index in [9.17, 15) is 13.2 Å². The van der Waals surface area contributed by atoms with Crippen LogP contribution in [0.1, 0.15) is 49.3 Å². The van der Waals surface area contributed by atoms with Gasteiger partial charge >= 0.3 is 6.18 Å². The molecule has 1 aliphatic carbocycles. The van der Waals surface area contributed by atoms with Crippen LogP contribution in [0, 0.1) is 5.92 Å². The number of aromatic nitrogens is 2. The Morgan fingerprint density at radius 2 is 1.86 bits per heavy atom. The minimum absolute atomic E-state index is 0.303. The quantitative estimate of drug-likeness (QED) is 0.673. The normalized spacial score (nSPS) is 19.8. The van der Waals surface area contributed by atoms with Gasteiger partial charge in [-0.25, -0.2) is 4.98 Å². The minimum atomic E-state index is -4.40. The van der Waals surface area contributed by atoms with E-state index in [0.717, 1.165) is 50.5 Å². The molecule has 1 atom stereocenters. The fourth-order valence-electron chi connectivity index (χ4n) is 4.18. The predicted molar refractivity (Wildman–Crippen MR) is 105 cm³/mol. The first-order chi connectivity index (χ1) is 14.0. The zero-order valence-electron chi connectivity index (χ0n) is 16.3. The lowest BCUT2D eigenvalue weighted by Gasteiger charge is -2.38. The van der Waals surface area contributed by atoms with Gasteiger partial charge in [-0.15, -0.1) is 0 Å². The summed E-state index contributed by atoms with van der Waals surface area (Å²) in [6.07, 6.45) is 6.54. The highest BCUT2D eigenvalue weighted by Gasteiger charge is 2.33. The first kappa shape index (κ1) is 20.1. The molecule has 1 unspecified atom stereocenters. The fraction of sp³-hybridized carbons (Fsp3) is 0.545. The van der Waals surface area contributed by atoms with Crippen LogP contribution in [-0.2, 0) is 10.9 Å². The smallest absolute Gasteiger partial charge is 0.378 e. The maximum Gasteiger partial charge on any atom is 0.433 e. The second kappa shape index (κ2) is 8.69. The standard InChI is InChI=1S/C22H26F3N3O/c23-22(24,25)21-7-6-18(14-27-21)28-11-8-16(9-12-28)20(15-29-19-4-1-5-19)17-3-2-10-26-13-17/h2-3,6-7,10,13-14,16,19-20H,1,4-5,8-9,11-12,15H2. The number of nitrogens with zero attached hydrogens (tertiary/aromatic N) is 3. The van der Waals surface area contributed by atoms with Crippen LogP contribution in [0.15, 0.2) is 42.9 Å². The highest BCUT2D eigenvalue weighted by atomic mass is 19.4. The molecule has 2 aliphatic rings. The number of ether oxygens (including phenoxy) is 1. The number of alkyl halides is 3. The molecule has 0 bridgehead atoms. The van der Waals surface area contributed by atoms with Crippen molar-refractivity contribution in [3.05, 3.63) is 54.1 Å². The summed E-state index contributed by atoms with van der Waals surface area (Å²) >= 11 is 0. The Labute approximate surface area is 169 Å². The Hall–Kier alpha value is -2.15. The molecule has 2 aromatic rings. The van der Waals surface area contributed by atoms with Crippen molar-refractivity contribution in [2.24, 2.45) is 5.92 Å². The van der Waals surface area contributed by atoms with E-state index in [4.69, 9.17) is 4.74 Å². The summed E-state index contributed by atoms with van der Waals surface area (Å²) in [6.45, 7) is 2.32. The highest BCUT2D eigenvalue weighted by Crippen LogP contribution is 2.36. The van der Waals surface area contributed by atoms with Gasteiger partial charge in [-0.1, -0.05) is 6.07 Å². The SMILES string of the molecule is FC(F)(F)c1ccc(N2CCC(C(COC3CCC3)c3cccnc3)CC2)cn1. The van der Waals surface area contributed by atoms with Crippen molar-refractivity contribution in [1.82, 2.24) is 9.97 Å². The molecule has 29 heavy (non-hydrogen) atoms. The molecule has 0 amide bonds. The second-order valence-corrected chi connectivity index (χ2v) is 8.00. The van der Waals surface area contributed by atoms with Crippen LogP contribution in [0.25, 0.3) is 0 Å². The van der Waals surface area contributed by atoms with Crippen LogP contribution in [0.4, 0.5) is 18.9 Å². The monoisotopic (exact) mass is 405 g/mol. The zero-order chi connectivity index (χ0) is 20.3. The Kier molecular flexibility index (Phi) is 6.04. The average Bonchev–Trinajstić information content (AvgIpc) is 2.70. The molecule has 3 heterocycles. The van der Waals surface area contributed by atoms with Crippen molar-refractivity contribution in [3.8, 4) is 0 Å². The van der Waals surface area contributed by atoms with Gasteiger partial charge in [0.25, 0.3) is 0 Å². The third-order valence-corrected chi connectivity index (χ3v) is 6.19. The summed E-state index contributed by atoms with van der Waals surface area (Å²) in [6, 6.07) is 6.67. The van der Waals surface area contributed by atoms with Gasteiger partial charge in [0.1, 0.15) is 5.69 Å². The molecule has 0 radical (unpaired) electrons. The number of hydrogen-bond donors (Lipinski definition) is 0. The van der Waals surface area contributed by atoms with Gasteiger partial charge in [0.15, 0.2) is 0 Å². The van der Waals surface area contributed by atoms with Gasteiger partial charge in [-0.3, -0.25) is 4.98 Å². The van der Waals surface area contributed by atoms with Crippen molar-refractivity contribution < 1.29 is 17.9 Å². The van der Waals surface area contributed by atoms with E-state index in [2.05, 4.69) is 20.9 Å². The minimum Gasteiger partial charge on any atom is -0.378 e. The molecule has 2 aromatic heterocycles. The summed E-state index contributed by atoms with van der Waals surface area (Å²) in [5, 5.41) is 0. The lowest BCUT2D eigenvalue weighted by molar-refractivity contribution is -0.141. The van der Waals surface area contributed by atoms with Crippen molar-refractivity contribution >= 4 is 5.69 Å². The summed E-state index contributed by atoms with van der Waals surface area (Å²) in [5.74, 6) is 0.773.